The lowest BCUT2D eigenvalue weighted by Gasteiger charge is -2.24. The summed E-state index contributed by atoms with van der Waals surface area (Å²) in [6.07, 6.45) is -0.489. The first kappa shape index (κ1) is 22.9. The number of hydrogen-bond donors (Lipinski definition) is 0. The number of halogens is 1. The molecule has 3 rings (SSSR count). The molecule has 0 radical (unpaired) electrons. The van der Waals surface area contributed by atoms with Crippen molar-refractivity contribution in [3.63, 3.8) is 0 Å². The number of aromatic nitrogens is 2. The van der Waals surface area contributed by atoms with Crippen molar-refractivity contribution in [2.45, 2.75) is 33.3 Å². The highest BCUT2D eigenvalue weighted by Gasteiger charge is 2.25. The van der Waals surface area contributed by atoms with Crippen LogP contribution >= 0.6 is 22.9 Å². The summed E-state index contributed by atoms with van der Waals surface area (Å²) in [7, 11) is 0. The second kappa shape index (κ2) is 9.59. The van der Waals surface area contributed by atoms with Crippen LogP contribution in [0.25, 0.3) is 20.9 Å². The van der Waals surface area contributed by atoms with Gasteiger partial charge in [0.2, 0.25) is 6.41 Å². The number of amides is 2. The van der Waals surface area contributed by atoms with Gasteiger partial charge in [0.15, 0.2) is 11.9 Å². The van der Waals surface area contributed by atoms with E-state index in [0.717, 1.165) is 15.1 Å². The van der Waals surface area contributed by atoms with Crippen LogP contribution in [0, 0.1) is 0 Å². The molecule has 164 valence electrons. The van der Waals surface area contributed by atoms with Crippen molar-refractivity contribution < 1.29 is 23.8 Å². The van der Waals surface area contributed by atoms with Crippen molar-refractivity contribution in [1.29, 1.82) is 0 Å². The van der Waals surface area contributed by atoms with Gasteiger partial charge in [-0.2, -0.15) is 0 Å². The molecule has 31 heavy (non-hydrogen) atoms. The summed E-state index contributed by atoms with van der Waals surface area (Å²) in [6, 6.07) is 8.72. The molecular weight excluding hydrogens is 442 g/mol. The molecule has 2 amide bonds. The van der Waals surface area contributed by atoms with E-state index >= 15 is 0 Å². The van der Waals surface area contributed by atoms with Crippen molar-refractivity contribution in [3.8, 4) is 16.5 Å². The topological polar surface area (TPSA) is 90.9 Å². The molecular formula is C21H22ClN3O5S. The van der Waals surface area contributed by atoms with Crippen LogP contribution in [0.2, 0.25) is 5.15 Å². The van der Waals surface area contributed by atoms with E-state index in [-0.39, 0.29) is 17.6 Å². The Hall–Kier alpha value is -2.75. The average molecular weight is 464 g/mol. The minimum Gasteiger partial charge on any atom is -0.468 e. The van der Waals surface area contributed by atoms with Crippen molar-refractivity contribution in [2.75, 3.05) is 18.3 Å². The summed E-state index contributed by atoms with van der Waals surface area (Å²) in [5, 5.41) is 0.621. The molecule has 8 nitrogen and oxygen atoms in total. The lowest BCUT2D eigenvalue weighted by atomic mass is 10.2. The van der Waals surface area contributed by atoms with Crippen molar-refractivity contribution in [1.82, 2.24) is 9.97 Å². The van der Waals surface area contributed by atoms with Gasteiger partial charge in [-0.05, 0) is 58.0 Å². The number of nitrogens with zero attached hydrogens (tertiary/aromatic N) is 3. The van der Waals surface area contributed by atoms with E-state index in [0.29, 0.717) is 29.5 Å². The van der Waals surface area contributed by atoms with Crippen LogP contribution in [-0.4, -0.2) is 41.5 Å². The van der Waals surface area contributed by atoms with Crippen LogP contribution in [0.15, 0.2) is 30.3 Å². The van der Waals surface area contributed by atoms with Gasteiger partial charge in [0.05, 0.1) is 15.9 Å². The molecule has 0 bridgehead atoms. The van der Waals surface area contributed by atoms with Crippen molar-refractivity contribution >= 4 is 51.3 Å². The van der Waals surface area contributed by atoms with E-state index in [1.54, 1.807) is 26.8 Å². The third-order valence-corrected chi connectivity index (χ3v) is 5.20. The minimum absolute atomic E-state index is 0.0181. The highest BCUT2D eigenvalue weighted by Crippen LogP contribution is 2.34. The number of imide groups is 1. The summed E-state index contributed by atoms with van der Waals surface area (Å²) in [6.45, 7) is 7.76. The number of ether oxygens (including phenoxy) is 3. The number of hydrogen-bond acceptors (Lipinski definition) is 8. The first-order valence-electron chi connectivity index (χ1n) is 9.47. The zero-order valence-electron chi connectivity index (χ0n) is 17.5. The fraction of sp³-hybridized carbons (Fsp3) is 0.333. The molecule has 0 fully saturated rings. The standard InChI is InChI=1S/C21H22ClN3O5S/c1-5-28-12-29-13-6-7-14-17(10-13)31-19(24-14)15-8-9-16(18(22)23-15)25(11-26)20(27)30-21(2,3)4/h6-11H,5,12H2,1-4H3. The van der Waals surface area contributed by atoms with Gasteiger partial charge in [0, 0.05) is 6.61 Å². The molecule has 0 aliphatic rings. The normalized spacial score (nSPS) is 11.4. The predicted octanol–water partition coefficient (Wildman–Crippen LogP) is 5.28. The summed E-state index contributed by atoms with van der Waals surface area (Å²) in [5.74, 6) is 0.677. The predicted molar refractivity (Wildman–Crippen MR) is 120 cm³/mol. The molecule has 0 unspecified atom stereocenters. The van der Waals surface area contributed by atoms with Gasteiger partial charge < -0.3 is 14.2 Å². The maximum atomic E-state index is 12.3. The highest BCUT2D eigenvalue weighted by molar-refractivity contribution is 7.21. The van der Waals surface area contributed by atoms with Crippen LogP contribution < -0.4 is 9.64 Å². The monoisotopic (exact) mass is 463 g/mol. The van der Waals surface area contributed by atoms with E-state index < -0.39 is 11.7 Å². The van der Waals surface area contributed by atoms with Gasteiger partial charge in [-0.1, -0.05) is 11.6 Å². The fourth-order valence-corrected chi connectivity index (χ4v) is 3.74. The summed E-state index contributed by atoms with van der Waals surface area (Å²) in [4.78, 5) is 33.5. The number of fused-ring (bicyclic) bond motifs is 1. The van der Waals surface area contributed by atoms with E-state index in [1.807, 2.05) is 25.1 Å². The molecule has 2 heterocycles. The Labute approximate surface area is 188 Å². The number of rotatable bonds is 7. The third kappa shape index (κ3) is 5.69. The number of carbonyl (C=O) groups excluding carboxylic acids is 2. The Bertz CT molecular complexity index is 1100. The van der Waals surface area contributed by atoms with E-state index in [4.69, 9.17) is 25.8 Å². The summed E-state index contributed by atoms with van der Waals surface area (Å²) < 4.78 is 16.9. The minimum atomic E-state index is -0.835. The van der Waals surface area contributed by atoms with Crippen LogP contribution in [0.5, 0.6) is 5.75 Å². The Kier molecular flexibility index (Phi) is 7.09. The Balaban J connectivity index is 1.85. The summed E-state index contributed by atoms with van der Waals surface area (Å²) >= 11 is 7.71. The molecule has 0 aliphatic heterocycles. The molecule has 0 N–H and O–H groups in total. The van der Waals surface area contributed by atoms with Gasteiger partial charge in [0.25, 0.3) is 0 Å². The van der Waals surface area contributed by atoms with Crippen LogP contribution in [0.4, 0.5) is 10.5 Å². The molecule has 0 saturated heterocycles. The van der Waals surface area contributed by atoms with Crippen LogP contribution in [0.3, 0.4) is 0 Å². The van der Waals surface area contributed by atoms with E-state index in [9.17, 15) is 9.59 Å². The Morgan fingerprint density at radius 2 is 2.00 bits per heavy atom. The van der Waals surface area contributed by atoms with Crippen LogP contribution in [0.1, 0.15) is 27.7 Å². The highest BCUT2D eigenvalue weighted by atomic mass is 35.5. The zero-order chi connectivity index (χ0) is 22.6. The van der Waals surface area contributed by atoms with Crippen molar-refractivity contribution in [3.05, 3.63) is 35.5 Å². The second-order valence-corrected chi connectivity index (χ2v) is 8.75. The number of benzene rings is 1. The Morgan fingerprint density at radius 3 is 2.65 bits per heavy atom. The molecule has 1 aromatic carbocycles. The quantitative estimate of drug-likeness (QED) is 0.203. The fourth-order valence-electron chi connectivity index (χ4n) is 2.53. The van der Waals surface area contributed by atoms with E-state index in [1.165, 1.54) is 17.4 Å². The van der Waals surface area contributed by atoms with Gasteiger partial charge in [0.1, 0.15) is 22.1 Å². The lowest BCUT2D eigenvalue weighted by Crippen LogP contribution is -2.36. The van der Waals surface area contributed by atoms with E-state index in [2.05, 4.69) is 9.97 Å². The van der Waals surface area contributed by atoms with Crippen LogP contribution in [-0.2, 0) is 14.3 Å². The maximum absolute atomic E-state index is 12.3. The number of thiazole rings is 1. The van der Waals surface area contributed by atoms with Gasteiger partial charge in [-0.15, -0.1) is 11.3 Å². The molecule has 3 aromatic rings. The van der Waals surface area contributed by atoms with Gasteiger partial charge in [-0.25, -0.2) is 19.7 Å². The first-order chi connectivity index (χ1) is 14.7. The largest absolute Gasteiger partial charge is 0.468 e. The molecule has 0 atom stereocenters. The second-order valence-electron chi connectivity index (χ2n) is 7.37. The maximum Gasteiger partial charge on any atom is 0.421 e. The molecule has 0 spiro atoms. The number of anilines is 1. The smallest absolute Gasteiger partial charge is 0.421 e. The Morgan fingerprint density at radius 1 is 1.23 bits per heavy atom. The number of pyridine rings is 1. The SMILES string of the molecule is CCOCOc1ccc2nc(-c3ccc(N(C=O)C(=O)OC(C)(C)C)c(Cl)n3)sc2c1. The average Bonchev–Trinajstić information content (AvgIpc) is 3.12. The lowest BCUT2D eigenvalue weighted by molar-refractivity contribution is -0.107. The molecule has 2 aromatic heterocycles. The zero-order valence-corrected chi connectivity index (χ0v) is 19.1. The molecule has 0 aliphatic carbocycles. The molecule has 10 heteroatoms. The first-order valence-corrected chi connectivity index (χ1v) is 10.7. The molecule has 0 saturated carbocycles. The van der Waals surface area contributed by atoms with Gasteiger partial charge in [-0.3, -0.25) is 4.79 Å². The third-order valence-electron chi connectivity index (χ3n) is 3.88. The van der Waals surface area contributed by atoms with Gasteiger partial charge >= 0.3 is 6.09 Å². The summed E-state index contributed by atoms with van der Waals surface area (Å²) in [5.41, 5.74) is 0.669. The van der Waals surface area contributed by atoms with Crippen molar-refractivity contribution in [2.24, 2.45) is 0 Å². The number of carbonyl (C=O) groups is 2.